The molecule has 0 saturated heterocycles. The summed E-state index contributed by atoms with van der Waals surface area (Å²) in [4.78, 5) is 24.8. The molecule has 0 aliphatic carbocycles. The summed E-state index contributed by atoms with van der Waals surface area (Å²) in [6.07, 6.45) is 8.94. The van der Waals surface area contributed by atoms with Gasteiger partial charge < -0.3 is 10.6 Å². The smallest absolute Gasteiger partial charge is 0.320 e. The number of anilines is 3. The first-order valence-electron chi connectivity index (χ1n) is 9.70. The van der Waals surface area contributed by atoms with E-state index in [1.807, 2.05) is 44.4 Å². The summed E-state index contributed by atoms with van der Waals surface area (Å²) in [6.45, 7) is 4.43. The van der Waals surface area contributed by atoms with E-state index >= 15 is 0 Å². The third-order valence-corrected chi connectivity index (χ3v) is 4.56. The average Bonchev–Trinajstić information content (AvgIpc) is 2.74. The summed E-state index contributed by atoms with van der Waals surface area (Å²) in [5.41, 5.74) is 4.89. The van der Waals surface area contributed by atoms with Gasteiger partial charge in [-0.3, -0.25) is 15.3 Å². The second kappa shape index (κ2) is 8.57. The van der Waals surface area contributed by atoms with Gasteiger partial charge in [-0.25, -0.2) is 9.78 Å². The van der Waals surface area contributed by atoms with E-state index in [2.05, 4.69) is 49.1 Å². The Labute approximate surface area is 174 Å². The normalized spacial score (nSPS) is 10.6. The minimum atomic E-state index is -0.280. The first-order valence-corrected chi connectivity index (χ1v) is 9.70. The Kier molecular flexibility index (Phi) is 5.52. The number of aryl methyl sites for hydroxylation is 1. The highest BCUT2D eigenvalue weighted by atomic mass is 16.2. The van der Waals surface area contributed by atoms with Crippen LogP contribution < -0.4 is 16.0 Å². The predicted octanol–water partition coefficient (Wildman–Crippen LogP) is 4.89. The third kappa shape index (κ3) is 4.35. The van der Waals surface area contributed by atoms with E-state index in [0.717, 1.165) is 38.8 Å². The fourth-order valence-electron chi connectivity index (χ4n) is 3.22. The highest BCUT2D eigenvalue weighted by Gasteiger charge is 2.10. The summed E-state index contributed by atoms with van der Waals surface area (Å²) in [5.74, 6) is 0.486. The number of rotatable bonds is 5. The molecule has 4 rings (SSSR count). The Hall–Kier alpha value is -4.00. The van der Waals surface area contributed by atoms with Crippen molar-refractivity contribution in [1.29, 1.82) is 0 Å². The lowest BCUT2D eigenvalue weighted by Crippen LogP contribution is -2.28. The standard InChI is InChI=1S/C23H22N6O/c1-3-26-23(30)29-22-10-17-8-16(18-7-15(2)11-25-12-18)9-21(20(17)14-27-22)28-19-5-4-6-24-13-19/h4-14,28H,3H2,1-2H3,(H2,26,27,29,30). The zero-order chi connectivity index (χ0) is 20.9. The molecule has 7 heteroatoms. The SMILES string of the molecule is CCNC(=O)Nc1cc2cc(-c3cncc(C)c3)cc(Nc3cccnc3)c2cn1. The fourth-order valence-corrected chi connectivity index (χ4v) is 3.22. The van der Waals surface area contributed by atoms with Gasteiger partial charge in [0.05, 0.1) is 11.9 Å². The number of urea groups is 1. The molecule has 3 aromatic heterocycles. The molecule has 0 spiro atoms. The van der Waals surface area contributed by atoms with Gasteiger partial charge in [0.15, 0.2) is 0 Å². The molecule has 7 nitrogen and oxygen atoms in total. The molecule has 30 heavy (non-hydrogen) atoms. The molecule has 0 unspecified atom stereocenters. The van der Waals surface area contributed by atoms with Crippen LogP contribution in [0, 0.1) is 6.92 Å². The van der Waals surface area contributed by atoms with Crippen LogP contribution in [0.15, 0.2) is 67.4 Å². The van der Waals surface area contributed by atoms with Crippen molar-refractivity contribution in [2.45, 2.75) is 13.8 Å². The summed E-state index contributed by atoms with van der Waals surface area (Å²) in [7, 11) is 0. The molecule has 0 atom stereocenters. The van der Waals surface area contributed by atoms with E-state index in [4.69, 9.17) is 0 Å². The van der Waals surface area contributed by atoms with Crippen molar-refractivity contribution in [2.24, 2.45) is 0 Å². The van der Waals surface area contributed by atoms with Crippen LogP contribution in [-0.2, 0) is 0 Å². The van der Waals surface area contributed by atoms with Crippen LogP contribution in [0.1, 0.15) is 12.5 Å². The molecule has 2 amide bonds. The van der Waals surface area contributed by atoms with Gasteiger partial charge in [0.25, 0.3) is 0 Å². The highest BCUT2D eigenvalue weighted by Crippen LogP contribution is 2.33. The van der Waals surface area contributed by atoms with Crippen molar-refractivity contribution in [2.75, 3.05) is 17.2 Å². The molecule has 0 aliphatic heterocycles. The molecule has 0 bridgehead atoms. The molecule has 0 aliphatic rings. The molecule has 0 saturated carbocycles. The summed E-state index contributed by atoms with van der Waals surface area (Å²) >= 11 is 0. The van der Waals surface area contributed by atoms with Crippen LogP contribution in [0.2, 0.25) is 0 Å². The van der Waals surface area contributed by atoms with Gasteiger partial charge in [-0.1, -0.05) is 0 Å². The number of amides is 2. The lowest BCUT2D eigenvalue weighted by atomic mass is 10.0. The van der Waals surface area contributed by atoms with E-state index in [-0.39, 0.29) is 6.03 Å². The predicted molar refractivity (Wildman–Crippen MR) is 120 cm³/mol. The fraction of sp³-hybridized carbons (Fsp3) is 0.130. The number of nitrogens with one attached hydrogen (secondary N) is 3. The van der Waals surface area contributed by atoms with Crippen molar-refractivity contribution in [3.05, 3.63) is 72.9 Å². The zero-order valence-electron chi connectivity index (χ0n) is 16.8. The Bertz CT molecular complexity index is 1190. The van der Waals surface area contributed by atoms with E-state index < -0.39 is 0 Å². The maximum absolute atomic E-state index is 11.9. The first-order chi connectivity index (χ1) is 14.6. The van der Waals surface area contributed by atoms with Crippen LogP contribution >= 0.6 is 0 Å². The second-order valence-electron chi connectivity index (χ2n) is 6.92. The van der Waals surface area contributed by atoms with Crippen molar-refractivity contribution in [3.8, 4) is 11.1 Å². The van der Waals surface area contributed by atoms with Gasteiger partial charge in [0, 0.05) is 48.0 Å². The van der Waals surface area contributed by atoms with Gasteiger partial charge in [-0.05, 0) is 66.8 Å². The van der Waals surface area contributed by atoms with Crippen molar-refractivity contribution >= 4 is 34.0 Å². The van der Waals surface area contributed by atoms with Crippen molar-refractivity contribution < 1.29 is 4.79 Å². The van der Waals surface area contributed by atoms with Crippen LogP contribution in [0.5, 0.6) is 0 Å². The quantitative estimate of drug-likeness (QED) is 0.445. The van der Waals surface area contributed by atoms with Gasteiger partial charge in [0.1, 0.15) is 5.82 Å². The van der Waals surface area contributed by atoms with Gasteiger partial charge in [-0.2, -0.15) is 0 Å². The Morgan fingerprint density at radius 1 is 1.00 bits per heavy atom. The maximum Gasteiger partial charge on any atom is 0.320 e. The molecule has 4 aromatic rings. The van der Waals surface area contributed by atoms with Gasteiger partial charge in [-0.15, -0.1) is 0 Å². The highest BCUT2D eigenvalue weighted by molar-refractivity contribution is 6.00. The number of aromatic nitrogens is 3. The van der Waals surface area contributed by atoms with Crippen LogP contribution in [-0.4, -0.2) is 27.5 Å². The molecule has 0 radical (unpaired) electrons. The molecule has 3 heterocycles. The number of nitrogens with zero attached hydrogens (tertiary/aromatic N) is 3. The topological polar surface area (TPSA) is 91.8 Å². The molecular weight excluding hydrogens is 376 g/mol. The number of benzene rings is 1. The molecule has 3 N–H and O–H groups in total. The van der Waals surface area contributed by atoms with E-state index in [1.54, 1.807) is 18.6 Å². The number of carbonyl (C=O) groups is 1. The van der Waals surface area contributed by atoms with E-state index in [0.29, 0.717) is 12.4 Å². The number of fused-ring (bicyclic) bond motifs is 1. The molecule has 0 fully saturated rings. The zero-order valence-corrected chi connectivity index (χ0v) is 16.8. The number of hydrogen-bond donors (Lipinski definition) is 3. The maximum atomic E-state index is 11.9. The first kappa shape index (κ1) is 19.3. The molecular formula is C23H22N6O. The monoisotopic (exact) mass is 398 g/mol. The number of carbonyl (C=O) groups excluding carboxylic acids is 1. The number of hydrogen-bond acceptors (Lipinski definition) is 5. The summed E-state index contributed by atoms with van der Waals surface area (Å²) in [6, 6.07) is 11.7. The second-order valence-corrected chi connectivity index (χ2v) is 6.92. The third-order valence-electron chi connectivity index (χ3n) is 4.56. The minimum absolute atomic E-state index is 0.280. The minimum Gasteiger partial charge on any atom is -0.354 e. The van der Waals surface area contributed by atoms with E-state index in [1.165, 1.54) is 0 Å². The van der Waals surface area contributed by atoms with E-state index in [9.17, 15) is 4.79 Å². The van der Waals surface area contributed by atoms with Crippen LogP contribution in [0.3, 0.4) is 0 Å². The average molecular weight is 398 g/mol. The van der Waals surface area contributed by atoms with Crippen LogP contribution in [0.25, 0.3) is 21.9 Å². The Morgan fingerprint density at radius 3 is 2.67 bits per heavy atom. The largest absolute Gasteiger partial charge is 0.354 e. The lowest BCUT2D eigenvalue weighted by molar-refractivity contribution is 0.252. The Morgan fingerprint density at radius 2 is 1.90 bits per heavy atom. The summed E-state index contributed by atoms with van der Waals surface area (Å²) < 4.78 is 0. The lowest BCUT2D eigenvalue weighted by Gasteiger charge is -2.14. The van der Waals surface area contributed by atoms with Crippen LogP contribution in [0.4, 0.5) is 22.0 Å². The molecule has 1 aromatic carbocycles. The number of pyridine rings is 3. The van der Waals surface area contributed by atoms with Crippen molar-refractivity contribution in [1.82, 2.24) is 20.3 Å². The van der Waals surface area contributed by atoms with Crippen molar-refractivity contribution in [3.63, 3.8) is 0 Å². The van der Waals surface area contributed by atoms with Gasteiger partial charge >= 0.3 is 6.03 Å². The Balaban J connectivity index is 1.81. The van der Waals surface area contributed by atoms with Gasteiger partial charge in [0.2, 0.25) is 0 Å². The summed E-state index contributed by atoms with van der Waals surface area (Å²) in [5, 5.41) is 10.8. The molecule has 150 valence electrons.